The molecule has 8 nitrogen and oxygen atoms in total. The predicted molar refractivity (Wildman–Crippen MR) is 147 cm³/mol. The van der Waals surface area contributed by atoms with Gasteiger partial charge in [-0.05, 0) is 70.1 Å². The first kappa shape index (κ1) is 26.0. The van der Waals surface area contributed by atoms with Crippen LogP contribution in [0.15, 0.2) is 77.7 Å². The van der Waals surface area contributed by atoms with Crippen LogP contribution in [0.2, 0.25) is 0 Å². The number of amides is 1. The number of halogens is 1. The van der Waals surface area contributed by atoms with Crippen molar-refractivity contribution in [3.05, 3.63) is 87.5 Å². The normalized spacial score (nSPS) is 14.8. The summed E-state index contributed by atoms with van der Waals surface area (Å²) < 4.78 is 29.5. The molecule has 0 aliphatic carbocycles. The fraction of sp³-hybridized carbons (Fsp3) is 0.231. The van der Waals surface area contributed by atoms with Gasteiger partial charge >= 0.3 is 5.97 Å². The second-order valence-corrected chi connectivity index (χ2v) is 11.6. The van der Waals surface area contributed by atoms with Gasteiger partial charge in [0.1, 0.15) is 6.04 Å². The zero-order chi connectivity index (χ0) is 25.9. The molecule has 1 atom stereocenters. The molecule has 188 valence electrons. The van der Waals surface area contributed by atoms with Crippen LogP contribution in [0, 0.1) is 3.57 Å². The number of para-hydroxylation sites is 2. The molecule has 1 aliphatic heterocycles. The van der Waals surface area contributed by atoms with Crippen molar-refractivity contribution in [2.75, 3.05) is 22.8 Å². The summed E-state index contributed by atoms with van der Waals surface area (Å²) in [6.45, 7) is 0.497. The summed E-state index contributed by atoms with van der Waals surface area (Å²) in [7, 11) is -2.18. The largest absolute Gasteiger partial charge is 0.481 e. The van der Waals surface area contributed by atoms with E-state index in [1.807, 2.05) is 41.3 Å². The van der Waals surface area contributed by atoms with Gasteiger partial charge in [-0.1, -0.05) is 36.4 Å². The minimum Gasteiger partial charge on any atom is -0.481 e. The molecule has 1 amide bonds. The predicted octanol–water partition coefficient (Wildman–Crippen LogP) is 3.64. The van der Waals surface area contributed by atoms with Crippen LogP contribution in [0.5, 0.6) is 0 Å². The number of carbonyl (C=O) groups is 2. The van der Waals surface area contributed by atoms with Gasteiger partial charge in [-0.2, -0.15) is 0 Å². The number of sulfonamides is 1. The van der Waals surface area contributed by atoms with Crippen LogP contribution in [-0.4, -0.2) is 45.0 Å². The van der Waals surface area contributed by atoms with Gasteiger partial charge in [0.15, 0.2) is 0 Å². The number of nitrogens with zero attached hydrogens (tertiary/aromatic N) is 2. The first-order valence-corrected chi connectivity index (χ1v) is 13.9. The van der Waals surface area contributed by atoms with Gasteiger partial charge in [-0.15, -0.1) is 0 Å². The Morgan fingerprint density at radius 1 is 1.06 bits per heavy atom. The van der Waals surface area contributed by atoms with Crippen molar-refractivity contribution in [2.45, 2.75) is 30.3 Å². The Morgan fingerprint density at radius 2 is 1.72 bits per heavy atom. The molecular formula is C26H26IN3O5S. The molecule has 0 saturated heterocycles. The van der Waals surface area contributed by atoms with Crippen LogP contribution in [0.4, 0.5) is 11.4 Å². The number of hydrogen-bond acceptors (Lipinski definition) is 5. The third-order valence-corrected chi connectivity index (χ3v) is 8.67. The van der Waals surface area contributed by atoms with E-state index >= 15 is 0 Å². The highest BCUT2D eigenvalue weighted by Crippen LogP contribution is 2.37. The van der Waals surface area contributed by atoms with Gasteiger partial charge in [-0.25, -0.2) is 8.42 Å². The number of carboxylic acid groups (broad SMARTS) is 1. The number of benzene rings is 3. The molecule has 0 spiro atoms. The van der Waals surface area contributed by atoms with E-state index in [1.165, 1.54) is 4.31 Å². The maximum absolute atomic E-state index is 13.7. The molecule has 4 rings (SSSR count). The molecular weight excluding hydrogens is 593 g/mol. The summed E-state index contributed by atoms with van der Waals surface area (Å²) in [5.41, 5.74) is 2.91. The van der Waals surface area contributed by atoms with Crippen LogP contribution in [0.25, 0.3) is 0 Å². The number of nitrogens with one attached hydrogen (secondary N) is 1. The summed E-state index contributed by atoms with van der Waals surface area (Å²) in [6, 6.07) is 20.2. The van der Waals surface area contributed by atoms with Crippen molar-refractivity contribution in [3.8, 4) is 0 Å². The highest BCUT2D eigenvalue weighted by Gasteiger charge is 2.42. The molecule has 0 aromatic heterocycles. The average Bonchev–Trinajstić information content (AvgIpc) is 3.27. The number of fused-ring (bicyclic) bond motifs is 1. The molecule has 0 saturated carbocycles. The van der Waals surface area contributed by atoms with Gasteiger partial charge in [0.2, 0.25) is 5.91 Å². The molecule has 10 heteroatoms. The fourth-order valence-electron chi connectivity index (χ4n) is 4.29. The van der Waals surface area contributed by atoms with Crippen molar-refractivity contribution in [2.24, 2.45) is 0 Å². The number of rotatable bonds is 9. The smallest absolute Gasteiger partial charge is 0.305 e. The first-order chi connectivity index (χ1) is 17.2. The van der Waals surface area contributed by atoms with Crippen molar-refractivity contribution in [1.29, 1.82) is 0 Å². The minimum absolute atomic E-state index is 0.0110. The average molecular weight is 619 g/mol. The fourth-order valence-corrected chi connectivity index (χ4v) is 6.30. The zero-order valence-electron chi connectivity index (χ0n) is 19.6. The molecule has 3 aromatic carbocycles. The quantitative estimate of drug-likeness (QED) is 0.355. The maximum Gasteiger partial charge on any atom is 0.305 e. The van der Waals surface area contributed by atoms with Crippen molar-refractivity contribution in [3.63, 3.8) is 0 Å². The van der Waals surface area contributed by atoms with E-state index in [9.17, 15) is 18.0 Å². The van der Waals surface area contributed by atoms with E-state index in [4.69, 9.17) is 5.11 Å². The molecule has 0 radical (unpaired) electrons. The van der Waals surface area contributed by atoms with Crippen molar-refractivity contribution < 1.29 is 23.1 Å². The lowest BCUT2D eigenvalue weighted by Gasteiger charge is -2.27. The lowest BCUT2D eigenvalue weighted by atomic mass is 10.1. The molecule has 0 unspecified atom stereocenters. The van der Waals surface area contributed by atoms with Gasteiger partial charge < -0.3 is 15.3 Å². The Kier molecular flexibility index (Phi) is 7.84. The van der Waals surface area contributed by atoms with Crippen molar-refractivity contribution in [1.82, 2.24) is 5.32 Å². The second-order valence-electron chi connectivity index (χ2n) is 8.52. The number of anilines is 2. The summed E-state index contributed by atoms with van der Waals surface area (Å²) in [5.74, 6) is -1.29. The van der Waals surface area contributed by atoms with E-state index in [2.05, 4.69) is 27.9 Å². The summed E-state index contributed by atoms with van der Waals surface area (Å²) >= 11 is 2.11. The van der Waals surface area contributed by atoms with E-state index < -0.39 is 27.9 Å². The van der Waals surface area contributed by atoms with Crippen LogP contribution in [0.1, 0.15) is 17.5 Å². The number of aliphatic carboxylic acids is 1. The highest BCUT2D eigenvalue weighted by atomic mass is 127. The van der Waals surface area contributed by atoms with E-state index in [0.717, 1.165) is 20.4 Å². The lowest BCUT2D eigenvalue weighted by Crippen LogP contribution is -2.47. The molecule has 1 aliphatic rings. The molecule has 0 bridgehead atoms. The summed E-state index contributed by atoms with van der Waals surface area (Å²) in [5, 5.41) is 11.9. The summed E-state index contributed by atoms with van der Waals surface area (Å²) in [6.07, 6.45) is 0.259. The summed E-state index contributed by atoms with van der Waals surface area (Å²) in [4.78, 5) is 26.3. The van der Waals surface area contributed by atoms with Gasteiger partial charge in [0.25, 0.3) is 10.0 Å². The molecule has 1 heterocycles. The van der Waals surface area contributed by atoms with Crippen LogP contribution in [-0.2, 0) is 32.6 Å². The third kappa shape index (κ3) is 5.49. The van der Waals surface area contributed by atoms with Gasteiger partial charge in [-0.3, -0.25) is 13.9 Å². The number of carboxylic acids is 1. The Hall–Kier alpha value is -3.12. The topological polar surface area (TPSA) is 107 Å². The number of carbonyl (C=O) groups excluding carboxylic acids is 1. The van der Waals surface area contributed by atoms with Crippen LogP contribution >= 0.6 is 22.6 Å². The van der Waals surface area contributed by atoms with E-state index in [1.54, 1.807) is 43.4 Å². The minimum atomic E-state index is -3.98. The monoisotopic (exact) mass is 619 g/mol. The Balaban J connectivity index is 1.57. The number of hydrogen-bond donors (Lipinski definition) is 2. The zero-order valence-corrected chi connectivity index (χ0v) is 22.6. The van der Waals surface area contributed by atoms with Crippen LogP contribution < -0.4 is 14.5 Å². The standard InChI is InChI=1S/C26H26IN3O5S/c1-29(15-14-25(31)32)22-8-4-3-7-19(22)17-28-26(33)24-16-18-6-2-5-9-23(18)30(24)36(34,35)21-12-10-20(27)11-13-21/h2-13,24H,14-17H2,1H3,(H,28,33)(H,31,32)/t24-/m0/s1. The van der Waals surface area contributed by atoms with E-state index in [-0.39, 0.29) is 24.3 Å². The Bertz CT molecular complexity index is 1380. The van der Waals surface area contributed by atoms with Gasteiger partial charge in [0.05, 0.1) is 17.0 Å². The Labute approximate surface area is 224 Å². The molecule has 2 N–H and O–H groups in total. The first-order valence-electron chi connectivity index (χ1n) is 11.3. The molecule has 36 heavy (non-hydrogen) atoms. The molecule has 3 aromatic rings. The third-order valence-electron chi connectivity index (χ3n) is 6.12. The highest BCUT2D eigenvalue weighted by molar-refractivity contribution is 14.1. The maximum atomic E-state index is 13.7. The lowest BCUT2D eigenvalue weighted by molar-refractivity contribution is -0.136. The van der Waals surface area contributed by atoms with Crippen LogP contribution in [0.3, 0.4) is 0 Å². The Morgan fingerprint density at radius 3 is 2.44 bits per heavy atom. The SMILES string of the molecule is CN(CCC(=O)O)c1ccccc1CNC(=O)[C@@H]1Cc2ccccc2N1S(=O)(=O)c1ccc(I)cc1. The second kappa shape index (κ2) is 10.9. The van der Waals surface area contributed by atoms with E-state index in [0.29, 0.717) is 12.2 Å². The van der Waals surface area contributed by atoms with Gasteiger partial charge in [0, 0.05) is 35.8 Å². The molecule has 0 fully saturated rings. The van der Waals surface area contributed by atoms with Crippen molar-refractivity contribution >= 4 is 55.9 Å².